The second kappa shape index (κ2) is 6.10. The topological polar surface area (TPSA) is 45.5 Å². The number of hydrogen-bond acceptors (Lipinski definition) is 4. The fourth-order valence-corrected chi connectivity index (χ4v) is 3.17. The molecule has 0 aromatic carbocycles. The molecule has 1 saturated heterocycles. The average molecular weight is 338 g/mol. The van der Waals surface area contributed by atoms with Crippen molar-refractivity contribution in [1.29, 1.82) is 0 Å². The second-order valence-electron chi connectivity index (χ2n) is 5.33. The number of likely N-dealkylation sites (tertiary alicyclic amines) is 1. The molecular formula is C14H20BrN5. The number of nitrogens with one attached hydrogen (secondary N) is 1. The molecule has 5 nitrogen and oxygen atoms in total. The van der Waals surface area contributed by atoms with Crippen LogP contribution in [0.4, 0.5) is 5.82 Å². The van der Waals surface area contributed by atoms with Gasteiger partial charge in [0.25, 0.3) is 0 Å². The predicted octanol–water partition coefficient (Wildman–Crippen LogP) is 2.64. The van der Waals surface area contributed by atoms with Crippen molar-refractivity contribution in [2.45, 2.75) is 19.8 Å². The number of imidazole rings is 1. The van der Waals surface area contributed by atoms with E-state index < -0.39 is 0 Å². The van der Waals surface area contributed by atoms with Crippen LogP contribution in [0, 0.1) is 5.92 Å². The molecule has 108 valence electrons. The second-order valence-corrected chi connectivity index (χ2v) is 6.14. The zero-order chi connectivity index (χ0) is 13.9. The average Bonchev–Trinajstić information content (AvgIpc) is 2.93. The molecule has 0 spiro atoms. The number of piperidine rings is 1. The first kappa shape index (κ1) is 13.8. The highest BCUT2D eigenvalue weighted by Crippen LogP contribution is 2.20. The van der Waals surface area contributed by atoms with E-state index in [0.29, 0.717) is 0 Å². The van der Waals surface area contributed by atoms with Crippen LogP contribution in [0.5, 0.6) is 0 Å². The maximum absolute atomic E-state index is 4.50. The molecule has 0 saturated carbocycles. The molecule has 2 aromatic heterocycles. The summed E-state index contributed by atoms with van der Waals surface area (Å²) in [6.07, 6.45) is 8.19. The number of halogens is 1. The van der Waals surface area contributed by atoms with Gasteiger partial charge in [-0.05, 0) is 54.3 Å². The maximum atomic E-state index is 4.50. The Kier molecular flexibility index (Phi) is 4.21. The third kappa shape index (κ3) is 2.96. The molecule has 20 heavy (non-hydrogen) atoms. The highest BCUT2D eigenvalue weighted by atomic mass is 79.9. The van der Waals surface area contributed by atoms with Crippen molar-refractivity contribution in [2.75, 3.05) is 31.5 Å². The third-order valence-corrected chi connectivity index (χ3v) is 4.44. The summed E-state index contributed by atoms with van der Waals surface area (Å²) in [5.74, 6) is 1.59. The Hall–Kier alpha value is -1.14. The van der Waals surface area contributed by atoms with Crippen LogP contribution in [0.25, 0.3) is 5.65 Å². The summed E-state index contributed by atoms with van der Waals surface area (Å²) in [4.78, 5) is 11.4. The molecule has 3 heterocycles. The molecule has 1 aliphatic heterocycles. The number of anilines is 1. The maximum Gasteiger partial charge on any atom is 0.180 e. The number of hydrogen-bond donors (Lipinski definition) is 1. The fraction of sp³-hybridized carbons (Fsp3) is 0.571. The van der Waals surface area contributed by atoms with Crippen LogP contribution < -0.4 is 5.32 Å². The Balaban J connectivity index is 1.64. The van der Waals surface area contributed by atoms with Crippen LogP contribution in [0.3, 0.4) is 0 Å². The van der Waals surface area contributed by atoms with Crippen LogP contribution in [-0.4, -0.2) is 45.4 Å². The molecule has 2 aromatic rings. The smallest absolute Gasteiger partial charge is 0.180 e. The first-order valence-electron chi connectivity index (χ1n) is 7.21. The molecule has 0 atom stereocenters. The molecule has 0 unspecified atom stereocenters. The van der Waals surface area contributed by atoms with E-state index >= 15 is 0 Å². The van der Waals surface area contributed by atoms with Gasteiger partial charge in [-0.3, -0.25) is 0 Å². The van der Waals surface area contributed by atoms with E-state index in [9.17, 15) is 0 Å². The Labute approximate surface area is 127 Å². The van der Waals surface area contributed by atoms with Gasteiger partial charge < -0.3 is 14.6 Å². The zero-order valence-corrected chi connectivity index (χ0v) is 13.3. The van der Waals surface area contributed by atoms with Crippen LogP contribution in [0.2, 0.25) is 0 Å². The van der Waals surface area contributed by atoms with Crippen molar-refractivity contribution in [3.8, 4) is 0 Å². The van der Waals surface area contributed by atoms with Crippen LogP contribution >= 0.6 is 15.9 Å². The summed E-state index contributed by atoms with van der Waals surface area (Å²) >= 11 is 3.44. The minimum absolute atomic E-state index is 0.730. The van der Waals surface area contributed by atoms with Gasteiger partial charge >= 0.3 is 0 Å². The number of fused-ring (bicyclic) bond motifs is 1. The Morgan fingerprint density at radius 2 is 2.20 bits per heavy atom. The molecule has 6 heteroatoms. The lowest BCUT2D eigenvalue weighted by Crippen LogP contribution is -2.35. The lowest BCUT2D eigenvalue weighted by molar-refractivity contribution is 0.198. The van der Waals surface area contributed by atoms with E-state index in [-0.39, 0.29) is 0 Å². The molecule has 0 radical (unpaired) electrons. The summed E-state index contributed by atoms with van der Waals surface area (Å²) in [5, 5.41) is 3.47. The van der Waals surface area contributed by atoms with E-state index in [1.807, 2.05) is 16.8 Å². The number of rotatable bonds is 4. The van der Waals surface area contributed by atoms with Gasteiger partial charge in [0.15, 0.2) is 11.5 Å². The van der Waals surface area contributed by atoms with Gasteiger partial charge in [0.2, 0.25) is 0 Å². The minimum atomic E-state index is 0.730. The number of nitrogens with zero attached hydrogens (tertiary/aromatic N) is 4. The standard InChI is InChI=1S/C14H20BrN5/c1-2-19-6-3-11(4-7-19)9-17-13-14-16-5-8-20(14)10-12(15)18-13/h5,8,10-11H,2-4,6-7,9H2,1H3,(H,17,18). The molecule has 1 aliphatic rings. The van der Waals surface area contributed by atoms with Crippen molar-refractivity contribution in [3.05, 3.63) is 23.2 Å². The largest absolute Gasteiger partial charge is 0.367 e. The highest BCUT2D eigenvalue weighted by molar-refractivity contribution is 9.10. The van der Waals surface area contributed by atoms with Crippen LogP contribution in [0.15, 0.2) is 23.2 Å². The lowest BCUT2D eigenvalue weighted by Gasteiger charge is -2.31. The van der Waals surface area contributed by atoms with Gasteiger partial charge in [-0.15, -0.1) is 0 Å². The zero-order valence-electron chi connectivity index (χ0n) is 11.7. The normalized spacial score (nSPS) is 17.7. The molecule has 0 aliphatic carbocycles. The quantitative estimate of drug-likeness (QED) is 0.931. The molecule has 1 N–H and O–H groups in total. The van der Waals surface area contributed by atoms with E-state index in [1.165, 1.54) is 32.5 Å². The van der Waals surface area contributed by atoms with Crippen molar-refractivity contribution in [1.82, 2.24) is 19.3 Å². The van der Waals surface area contributed by atoms with Gasteiger partial charge in [0, 0.05) is 25.1 Å². The summed E-state index contributed by atoms with van der Waals surface area (Å²) in [6.45, 7) is 6.81. The van der Waals surface area contributed by atoms with Gasteiger partial charge in [-0.2, -0.15) is 0 Å². The monoisotopic (exact) mass is 337 g/mol. The van der Waals surface area contributed by atoms with Crippen molar-refractivity contribution in [3.63, 3.8) is 0 Å². The van der Waals surface area contributed by atoms with Crippen molar-refractivity contribution < 1.29 is 0 Å². The first-order chi connectivity index (χ1) is 9.76. The molecular weight excluding hydrogens is 318 g/mol. The van der Waals surface area contributed by atoms with E-state index in [4.69, 9.17) is 0 Å². The molecule has 3 rings (SSSR count). The Morgan fingerprint density at radius 3 is 2.95 bits per heavy atom. The van der Waals surface area contributed by atoms with Crippen LogP contribution in [-0.2, 0) is 0 Å². The van der Waals surface area contributed by atoms with E-state index in [1.54, 1.807) is 6.20 Å². The van der Waals surface area contributed by atoms with Gasteiger partial charge in [0.1, 0.15) is 4.60 Å². The lowest BCUT2D eigenvalue weighted by atomic mass is 9.97. The highest BCUT2D eigenvalue weighted by Gasteiger charge is 2.18. The Morgan fingerprint density at radius 1 is 1.40 bits per heavy atom. The van der Waals surface area contributed by atoms with Gasteiger partial charge in [0.05, 0.1) is 0 Å². The summed E-state index contributed by atoms with van der Waals surface area (Å²) in [7, 11) is 0. The van der Waals surface area contributed by atoms with Crippen LogP contribution in [0.1, 0.15) is 19.8 Å². The molecule has 0 bridgehead atoms. The third-order valence-electron chi connectivity index (χ3n) is 4.06. The SMILES string of the molecule is CCN1CCC(CNc2nc(Br)cn3ccnc23)CC1. The van der Waals surface area contributed by atoms with Gasteiger partial charge in [-0.25, -0.2) is 9.97 Å². The van der Waals surface area contributed by atoms with Crippen molar-refractivity contribution in [2.24, 2.45) is 5.92 Å². The van der Waals surface area contributed by atoms with E-state index in [0.717, 1.165) is 28.5 Å². The van der Waals surface area contributed by atoms with Gasteiger partial charge in [-0.1, -0.05) is 6.92 Å². The number of aromatic nitrogens is 3. The Bertz CT molecular complexity index is 574. The minimum Gasteiger partial charge on any atom is -0.367 e. The summed E-state index contributed by atoms with van der Waals surface area (Å²) < 4.78 is 2.81. The first-order valence-corrected chi connectivity index (χ1v) is 8.01. The summed E-state index contributed by atoms with van der Waals surface area (Å²) in [5.41, 5.74) is 0.888. The van der Waals surface area contributed by atoms with E-state index in [2.05, 4.69) is 43.0 Å². The molecule has 0 amide bonds. The fourth-order valence-electron chi connectivity index (χ4n) is 2.77. The summed E-state index contributed by atoms with van der Waals surface area (Å²) in [6, 6.07) is 0. The molecule has 1 fully saturated rings. The van der Waals surface area contributed by atoms with Crippen molar-refractivity contribution >= 4 is 27.4 Å². The predicted molar refractivity (Wildman–Crippen MR) is 84.0 cm³/mol.